The molecule has 0 atom stereocenters. The van der Waals surface area contributed by atoms with Crippen molar-refractivity contribution < 1.29 is 14.3 Å². The normalized spacial score (nSPS) is 13.2. The first kappa shape index (κ1) is 21.0. The molecule has 0 radical (unpaired) electrons. The molecular formula is C14H20N6O3S2. The Kier molecular flexibility index (Phi) is 9.68. The lowest BCUT2D eigenvalue weighted by Gasteiger charge is -2.26. The summed E-state index contributed by atoms with van der Waals surface area (Å²) in [5.41, 5.74) is 5.15. The Balaban J connectivity index is 0.000000705. The van der Waals surface area contributed by atoms with Crippen LogP contribution in [-0.2, 0) is 11.3 Å². The minimum atomic E-state index is -0.639. The molecule has 0 bridgehead atoms. The van der Waals surface area contributed by atoms with Gasteiger partial charge in [0.05, 0.1) is 25.7 Å². The lowest BCUT2D eigenvalue weighted by atomic mass is 10.3. The number of nitrogens with two attached hydrogens (primary N) is 1. The second-order valence-corrected chi connectivity index (χ2v) is 5.76. The number of carbonyl (C=O) groups excluding carboxylic acids is 2. The van der Waals surface area contributed by atoms with Crippen molar-refractivity contribution in [3.05, 3.63) is 18.0 Å². The van der Waals surface area contributed by atoms with Crippen LogP contribution in [-0.4, -0.2) is 58.2 Å². The average Bonchev–Trinajstić information content (AvgIpc) is 2.59. The summed E-state index contributed by atoms with van der Waals surface area (Å²) >= 11 is 6.92. The van der Waals surface area contributed by atoms with Crippen LogP contribution in [0.4, 0.5) is 15.5 Å². The Morgan fingerprint density at radius 3 is 2.36 bits per heavy atom. The van der Waals surface area contributed by atoms with E-state index in [4.69, 9.17) is 14.8 Å². The number of hydrogen-bond donors (Lipinski definition) is 3. The first-order chi connectivity index (χ1) is 11.9. The smallest absolute Gasteiger partial charge is 0.278 e. The van der Waals surface area contributed by atoms with E-state index < -0.39 is 5.24 Å². The highest BCUT2D eigenvalue weighted by molar-refractivity contribution is 7.96. The molecule has 1 aliphatic heterocycles. The summed E-state index contributed by atoms with van der Waals surface area (Å²) in [5, 5.41) is 7.59. The Labute approximate surface area is 157 Å². The monoisotopic (exact) mass is 384 g/mol. The molecule has 0 spiro atoms. The van der Waals surface area contributed by atoms with Crippen molar-refractivity contribution in [3.8, 4) is 6.07 Å². The molecule has 1 aliphatic rings. The van der Waals surface area contributed by atoms with Gasteiger partial charge in [-0.1, -0.05) is 25.3 Å². The summed E-state index contributed by atoms with van der Waals surface area (Å²) in [4.78, 5) is 32.7. The summed E-state index contributed by atoms with van der Waals surface area (Å²) in [6.07, 6.45) is 3.68. The Morgan fingerprint density at radius 1 is 1.32 bits per heavy atom. The van der Waals surface area contributed by atoms with Gasteiger partial charge in [-0.15, -0.1) is 0 Å². The molecule has 1 aromatic heterocycles. The van der Waals surface area contributed by atoms with Crippen molar-refractivity contribution in [2.45, 2.75) is 13.0 Å². The second kappa shape index (κ2) is 11.5. The van der Waals surface area contributed by atoms with Crippen molar-refractivity contribution in [1.82, 2.24) is 14.9 Å². The van der Waals surface area contributed by atoms with Gasteiger partial charge in [0.1, 0.15) is 0 Å². The van der Waals surface area contributed by atoms with Gasteiger partial charge in [0, 0.05) is 44.1 Å². The minimum Gasteiger partial charge on any atom is -0.378 e. The van der Waals surface area contributed by atoms with Gasteiger partial charge in [-0.25, -0.2) is 9.97 Å². The van der Waals surface area contributed by atoms with E-state index >= 15 is 0 Å². The van der Waals surface area contributed by atoms with Crippen LogP contribution < -0.4 is 10.6 Å². The molecule has 2 heterocycles. The van der Waals surface area contributed by atoms with Crippen LogP contribution in [0, 0.1) is 11.3 Å². The molecule has 2 rings (SSSR count). The number of carbonyl (C=O) groups is 2. The SMILES string of the molecule is N#CCCN(Cc1cnc(N2CCOCC2)nc1)C(=O)S.NC(=O)S. The second-order valence-electron chi connectivity index (χ2n) is 4.94. The number of amides is 2. The zero-order chi connectivity index (χ0) is 18.7. The molecule has 1 fully saturated rings. The van der Waals surface area contributed by atoms with Crippen LogP contribution in [0.5, 0.6) is 0 Å². The van der Waals surface area contributed by atoms with Crippen LogP contribution >= 0.6 is 25.3 Å². The molecule has 0 aromatic carbocycles. The van der Waals surface area contributed by atoms with Gasteiger partial charge in [0.25, 0.3) is 10.5 Å². The molecule has 9 nitrogen and oxygen atoms in total. The fourth-order valence-electron chi connectivity index (χ4n) is 2.00. The van der Waals surface area contributed by atoms with Crippen molar-refractivity contribution in [3.63, 3.8) is 0 Å². The highest BCUT2D eigenvalue weighted by atomic mass is 32.1. The van der Waals surface area contributed by atoms with Gasteiger partial charge in [0.15, 0.2) is 0 Å². The molecule has 2 N–H and O–H groups in total. The lowest BCUT2D eigenvalue weighted by molar-refractivity contribution is 0.122. The van der Waals surface area contributed by atoms with E-state index in [2.05, 4.69) is 45.9 Å². The maximum Gasteiger partial charge on any atom is 0.278 e. The molecule has 25 heavy (non-hydrogen) atoms. The Hall–Kier alpha value is -2.03. The molecule has 1 saturated heterocycles. The molecule has 0 aliphatic carbocycles. The topological polar surface area (TPSA) is 125 Å². The quantitative estimate of drug-likeness (QED) is 0.648. The highest BCUT2D eigenvalue weighted by Gasteiger charge is 2.14. The van der Waals surface area contributed by atoms with Gasteiger partial charge in [-0.2, -0.15) is 5.26 Å². The van der Waals surface area contributed by atoms with E-state index in [0.29, 0.717) is 32.3 Å². The fraction of sp³-hybridized carbons (Fsp3) is 0.500. The molecule has 136 valence electrons. The van der Waals surface area contributed by atoms with Crippen molar-refractivity contribution >= 4 is 41.7 Å². The van der Waals surface area contributed by atoms with Crippen molar-refractivity contribution in [1.29, 1.82) is 5.26 Å². The number of aromatic nitrogens is 2. The maximum atomic E-state index is 11.4. The summed E-state index contributed by atoms with van der Waals surface area (Å²) in [6, 6.07) is 2.01. The van der Waals surface area contributed by atoms with E-state index in [-0.39, 0.29) is 11.7 Å². The molecule has 1 aromatic rings. The van der Waals surface area contributed by atoms with Crippen LogP contribution in [0.2, 0.25) is 0 Å². The van der Waals surface area contributed by atoms with Crippen LogP contribution in [0.3, 0.4) is 0 Å². The molecule has 0 unspecified atom stereocenters. The van der Waals surface area contributed by atoms with Gasteiger partial charge >= 0.3 is 0 Å². The molecule has 0 saturated carbocycles. The number of rotatable bonds is 5. The van der Waals surface area contributed by atoms with Crippen LogP contribution in [0.25, 0.3) is 0 Å². The van der Waals surface area contributed by atoms with Gasteiger partial charge in [-0.3, -0.25) is 9.59 Å². The summed E-state index contributed by atoms with van der Waals surface area (Å²) < 4.78 is 5.29. The predicted octanol–water partition coefficient (Wildman–Crippen LogP) is 1.07. The number of nitrogens with zero attached hydrogens (tertiary/aromatic N) is 5. The Morgan fingerprint density at radius 2 is 1.88 bits per heavy atom. The van der Waals surface area contributed by atoms with Crippen molar-refractivity contribution in [2.75, 3.05) is 37.7 Å². The number of morpholine rings is 1. The molecular weight excluding hydrogens is 364 g/mol. The number of primary amides is 1. The molecule has 2 amide bonds. The number of thiol groups is 2. The third kappa shape index (κ3) is 8.57. The fourth-order valence-corrected chi connectivity index (χ4v) is 2.17. The van der Waals surface area contributed by atoms with Crippen molar-refractivity contribution in [2.24, 2.45) is 5.73 Å². The number of nitriles is 1. The van der Waals surface area contributed by atoms with E-state index in [0.717, 1.165) is 18.7 Å². The van der Waals surface area contributed by atoms with Crippen LogP contribution in [0.15, 0.2) is 12.4 Å². The van der Waals surface area contributed by atoms with Crippen LogP contribution in [0.1, 0.15) is 12.0 Å². The summed E-state index contributed by atoms with van der Waals surface area (Å²) in [6.45, 7) is 3.63. The predicted molar refractivity (Wildman–Crippen MR) is 98.7 cm³/mol. The largest absolute Gasteiger partial charge is 0.378 e. The zero-order valence-corrected chi connectivity index (χ0v) is 15.3. The van der Waals surface area contributed by atoms with Gasteiger partial charge in [0.2, 0.25) is 5.95 Å². The van der Waals surface area contributed by atoms with Gasteiger partial charge in [-0.05, 0) is 0 Å². The summed E-state index contributed by atoms with van der Waals surface area (Å²) in [5.74, 6) is 0.669. The first-order valence-electron chi connectivity index (χ1n) is 7.41. The zero-order valence-electron chi connectivity index (χ0n) is 13.5. The molecule has 11 heteroatoms. The number of hydrogen-bond acceptors (Lipinski definition) is 7. The summed E-state index contributed by atoms with van der Waals surface area (Å²) in [7, 11) is 0. The van der Waals surface area contributed by atoms with Gasteiger partial charge < -0.3 is 20.3 Å². The van der Waals surface area contributed by atoms with E-state index in [9.17, 15) is 4.79 Å². The maximum absolute atomic E-state index is 11.4. The minimum absolute atomic E-state index is 0.277. The third-order valence-corrected chi connectivity index (χ3v) is 3.41. The lowest BCUT2D eigenvalue weighted by Crippen LogP contribution is -2.37. The third-order valence-electron chi connectivity index (χ3n) is 3.12. The number of ether oxygens (including phenoxy) is 1. The Bertz CT molecular complexity index is 598. The van der Waals surface area contributed by atoms with E-state index in [1.54, 1.807) is 12.4 Å². The van der Waals surface area contributed by atoms with E-state index in [1.807, 2.05) is 6.07 Å². The highest BCUT2D eigenvalue weighted by Crippen LogP contribution is 2.11. The van der Waals surface area contributed by atoms with E-state index in [1.165, 1.54) is 4.90 Å². The number of anilines is 1. The average molecular weight is 384 g/mol. The standard InChI is InChI=1S/C13H17N5O2S.CH3NOS/c14-2-1-3-18(13(19)21)10-11-8-15-12(16-9-11)17-4-6-20-7-5-17;2-1(3)4/h8-9H,1,3-7,10H2,(H,19,21);(H3,2,3,4). The first-order valence-corrected chi connectivity index (χ1v) is 8.30.